The minimum Gasteiger partial charge on any atom is -0.466 e. The number of esters is 1. The fourth-order valence-corrected chi connectivity index (χ4v) is 2.08. The highest BCUT2D eigenvalue weighted by atomic mass is 16.5. The number of rotatable bonds is 9. The number of hydrogen-bond donors (Lipinski definition) is 0. The lowest BCUT2D eigenvalue weighted by Gasteiger charge is -2.23. The second-order valence-electron chi connectivity index (χ2n) is 4.67. The van der Waals surface area contributed by atoms with Gasteiger partial charge in [0, 0.05) is 25.7 Å². The van der Waals surface area contributed by atoms with Gasteiger partial charge in [-0.2, -0.15) is 0 Å². The van der Waals surface area contributed by atoms with E-state index in [0.717, 1.165) is 25.9 Å². The van der Waals surface area contributed by atoms with Gasteiger partial charge in [-0.1, -0.05) is 24.6 Å². The Labute approximate surface area is 116 Å². The number of carbonyl (C=O) groups is 1. The van der Waals surface area contributed by atoms with Gasteiger partial charge in [-0.15, -0.1) is 0 Å². The Balaban J connectivity index is 2.12. The molecule has 0 saturated carbocycles. The molecule has 0 unspecified atom stereocenters. The van der Waals surface area contributed by atoms with Crippen LogP contribution in [0.2, 0.25) is 0 Å². The maximum absolute atomic E-state index is 10.6. The van der Waals surface area contributed by atoms with E-state index in [1.54, 1.807) is 0 Å². The molecule has 0 N–H and O–H groups in total. The average molecular weight is 263 g/mol. The zero-order chi connectivity index (χ0) is 13.9. The summed E-state index contributed by atoms with van der Waals surface area (Å²) in [5, 5.41) is 0. The monoisotopic (exact) mass is 263 g/mol. The third-order valence-corrected chi connectivity index (χ3v) is 3.13. The van der Waals surface area contributed by atoms with E-state index >= 15 is 0 Å². The summed E-state index contributed by atoms with van der Waals surface area (Å²) in [6, 6.07) is 10.5. The van der Waals surface area contributed by atoms with Crippen molar-refractivity contribution in [1.82, 2.24) is 0 Å². The third kappa shape index (κ3) is 6.85. The van der Waals surface area contributed by atoms with Crippen LogP contribution in [-0.2, 0) is 9.53 Å². The number of nitrogens with zero attached hydrogens (tertiary/aromatic N) is 1. The summed E-state index contributed by atoms with van der Waals surface area (Å²) >= 11 is 0. The quantitative estimate of drug-likeness (QED) is 0.503. The first-order chi connectivity index (χ1) is 9.24. The van der Waals surface area contributed by atoms with Crippen molar-refractivity contribution in [2.75, 3.05) is 24.6 Å². The standard InChI is InChI=1S/C16H25NO2/c1-3-17(16-11-7-6-8-12-16)13-9-4-5-10-14-19-15(2)18/h6-8,11-12H,3-5,9-10,13-14H2,1-2H3. The van der Waals surface area contributed by atoms with Gasteiger partial charge in [0.05, 0.1) is 6.61 Å². The SMILES string of the molecule is CCN(CCCCCCOC(C)=O)c1ccccc1. The molecule has 1 rings (SSSR count). The van der Waals surface area contributed by atoms with Crippen LogP contribution in [0.4, 0.5) is 5.69 Å². The number of hydrogen-bond acceptors (Lipinski definition) is 3. The molecule has 0 aliphatic heterocycles. The first-order valence-corrected chi connectivity index (χ1v) is 7.17. The van der Waals surface area contributed by atoms with Crippen molar-refractivity contribution >= 4 is 11.7 Å². The number of para-hydroxylation sites is 1. The topological polar surface area (TPSA) is 29.5 Å². The van der Waals surface area contributed by atoms with Crippen molar-refractivity contribution in [3.05, 3.63) is 30.3 Å². The zero-order valence-corrected chi connectivity index (χ0v) is 12.1. The van der Waals surface area contributed by atoms with Gasteiger partial charge in [0.2, 0.25) is 0 Å². The highest BCUT2D eigenvalue weighted by molar-refractivity contribution is 5.65. The van der Waals surface area contributed by atoms with E-state index in [4.69, 9.17) is 4.74 Å². The van der Waals surface area contributed by atoms with Crippen LogP contribution in [0, 0.1) is 0 Å². The van der Waals surface area contributed by atoms with Crippen molar-refractivity contribution in [2.45, 2.75) is 39.5 Å². The lowest BCUT2D eigenvalue weighted by Crippen LogP contribution is -2.23. The van der Waals surface area contributed by atoms with E-state index in [2.05, 4.69) is 36.1 Å². The van der Waals surface area contributed by atoms with Gasteiger partial charge in [-0.3, -0.25) is 4.79 Å². The number of unbranched alkanes of at least 4 members (excludes halogenated alkanes) is 3. The van der Waals surface area contributed by atoms with Gasteiger partial charge in [0.1, 0.15) is 0 Å². The molecule has 0 radical (unpaired) electrons. The van der Waals surface area contributed by atoms with E-state index < -0.39 is 0 Å². The third-order valence-electron chi connectivity index (χ3n) is 3.13. The second kappa shape index (κ2) is 9.42. The molecule has 0 saturated heterocycles. The molecule has 3 nitrogen and oxygen atoms in total. The average Bonchev–Trinajstić information content (AvgIpc) is 2.42. The Bertz CT molecular complexity index is 351. The summed E-state index contributed by atoms with van der Waals surface area (Å²) in [6.45, 7) is 6.34. The molecule has 3 heteroatoms. The molecular formula is C16H25NO2. The molecular weight excluding hydrogens is 238 g/mol. The van der Waals surface area contributed by atoms with Crippen LogP contribution < -0.4 is 4.90 Å². The number of ether oxygens (including phenoxy) is 1. The van der Waals surface area contributed by atoms with Crippen LogP contribution in [0.15, 0.2) is 30.3 Å². The Morgan fingerprint density at radius 3 is 2.42 bits per heavy atom. The van der Waals surface area contributed by atoms with Crippen LogP contribution in [0.5, 0.6) is 0 Å². The van der Waals surface area contributed by atoms with Crippen LogP contribution >= 0.6 is 0 Å². The highest BCUT2D eigenvalue weighted by Crippen LogP contribution is 2.14. The van der Waals surface area contributed by atoms with Crippen LogP contribution in [0.25, 0.3) is 0 Å². The number of benzene rings is 1. The van der Waals surface area contributed by atoms with E-state index in [0.29, 0.717) is 6.61 Å². The highest BCUT2D eigenvalue weighted by Gasteiger charge is 2.02. The van der Waals surface area contributed by atoms with Crippen molar-refractivity contribution in [2.24, 2.45) is 0 Å². The normalized spacial score (nSPS) is 10.2. The molecule has 1 aromatic carbocycles. The largest absolute Gasteiger partial charge is 0.466 e. The molecule has 0 spiro atoms. The van der Waals surface area contributed by atoms with E-state index in [1.165, 1.54) is 25.5 Å². The number of anilines is 1. The van der Waals surface area contributed by atoms with Gasteiger partial charge in [-0.25, -0.2) is 0 Å². The maximum Gasteiger partial charge on any atom is 0.302 e. The molecule has 106 valence electrons. The summed E-state index contributed by atoms with van der Waals surface area (Å²) in [7, 11) is 0. The summed E-state index contributed by atoms with van der Waals surface area (Å²) in [5.41, 5.74) is 1.30. The Morgan fingerprint density at radius 2 is 1.79 bits per heavy atom. The lowest BCUT2D eigenvalue weighted by atomic mass is 10.2. The molecule has 19 heavy (non-hydrogen) atoms. The van der Waals surface area contributed by atoms with Crippen molar-refractivity contribution in [1.29, 1.82) is 0 Å². The summed E-state index contributed by atoms with van der Waals surface area (Å²) in [5.74, 6) is -0.179. The van der Waals surface area contributed by atoms with Crippen molar-refractivity contribution in [3.63, 3.8) is 0 Å². The summed E-state index contributed by atoms with van der Waals surface area (Å²) in [6.07, 6.45) is 4.46. The molecule has 0 bridgehead atoms. The molecule has 0 aliphatic carbocycles. The fourth-order valence-electron chi connectivity index (χ4n) is 2.08. The second-order valence-corrected chi connectivity index (χ2v) is 4.67. The Kier molecular flexibility index (Phi) is 7.71. The summed E-state index contributed by atoms with van der Waals surface area (Å²) in [4.78, 5) is 13.0. The van der Waals surface area contributed by atoms with E-state index in [1.807, 2.05) is 6.07 Å². The minimum atomic E-state index is -0.179. The van der Waals surface area contributed by atoms with Crippen molar-refractivity contribution in [3.8, 4) is 0 Å². The lowest BCUT2D eigenvalue weighted by molar-refractivity contribution is -0.141. The zero-order valence-electron chi connectivity index (χ0n) is 12.1. The van der Waals surface area contributed by atoms with Gasteiger partial charge in [0.15, 0.2) is 0 Å². The van der Waals surface area contributed by atoms with Gasteiger partial charge in [0.25, 0.3) is 0 Å². The Morgan fingerprint density at radius 1 is 1.11 bits per heavy atom. The van der Waals surface area contributed by atoms with Crippen LogP contribution in [-0.4, -0.2) is 25.7 Å². The molecule has 0 atom stereocenters. The molecule has 0 amide bonds. The fraction of sp³-hybridized carbons (Fsp3) is 0.562. The van der Waals surface area contributed by atoms with Crippen LogP contribution in [0.1, 0.15) is 39.5 Å². The van der Waals surface area contributed by atoms with Gasteiger partial charge < -0.3 is 9.64 Å². The number of carbonyl (C=O) groups excluding carboxylic acids is 1. The minimum absolute atomic E-state index is 0.179. The predicted molar refractivity (Wildman–Crippen MR) is 79.4 cm³/mol. The molecule has 0 aromatic heterocycles. The van der Waals surface area contributed by atoms with Crippen LogP contribution in [0.3, 0.4) is 0 Å². The first-order valence-electron chi connectivity index (χ1n) is 7.17. The molecule has 1 aromatic rings. The molecule has 0 heterocycles. The van der Waals surface area contributed by atoms with Gasteiger partial charge >= 0.3 is 5.97 Å². The molecule has 0 fully saturated rings. The maximum atomic E-state index is 10.6. The molecule has 0 aliphatic rings. The summed E-state index contributed by atoms with van der Waals surface area (Å²) < 4.78 is 4.91. The van der Waals surface area contributed by atoms with Gasteiger partial charge in [-0.05, 0) is 38.3 Å². The predicted octanol–water partition coefficient (Wildman–Crippen LogP) is 3.64. The smallest absolute Gasteiger partial charge is 0.302 e. The Hall–Kier alpha value is -1.51. The van der Waals surface area contributed by atoms with E-state index in [-0.39, 0.29) is 5.97 Å². The van der Waals surface area contributed by atoms with E-state index in [9.17, 15) is 4.79 Å². The van der Waals surface area contributed by atoms with Crippen molar-refractivity contribution < 1.29 is 9.53 Å². The first kappa shape index (κ1) is 15.5.